The predicted molar refractivity (Wildman–Crippen MR) is 114 cm³/mol. The number of carbonyl (C=O) groups excluding carboxylic acids is 1. The number of imidazole rings is 1. The number of amides is 1. The molecule has 0 unspecified atom stereocenters. The maximum atomic E-state index is 13.0. The van der Waals surface area contributed by atoms with E-state index in [1.54, 1.807) is 33.5 Å². The first kappa shape index (κ1) is 19.8. The summed E-state index contributed by atoms with van der Waals surface area (Å²) in [5.74, 6) is 1.59. The van der Waals surface area contributed by atoms with Crippen molar-refractivity contribution in [2.45, 2.75) is 25.4 Å². The Hall–Kier alpha value is -3.48. The van der Waals surface area contributed by atoms with Crippen molar-refractivity contribution in [3.63, 3.8) is 0 Å². The zero-order chi connectivity index (χ0) is 21.1. The van der Waals surface area contributed by atoms with Crippen LogP contribution < -0.4 is 14.2 Å². The molecular weight excluding hydrogens is 382 g/mol. The van der Waals surface area contributed by atoms with Crippen molar-refractivity contribution >= 4 is 17.6 Å². The average Bonchev–Trinajstić information content (AvgIpc) is 3.54. The van der Waals surface area contributed by atoms with Crippen LogP contribution in [0, 0.1) is 0 Å². The van der Waals surface area contributed by atoms with E-state index >= 15 is 0 Å². The number of pyridine rings is 1. The van der Waals surface area contributed by atoms with Crippen LogP contribution >= 0.6 is 0 Å². The van der Waals surface area contributed by atoms with Crippen LogP contribution in [0.3, 0.4) is 0 Å². The van der Waals surface area contributed by atoms with Gasteiger partial charge in [0, 0.05) is 18.3 Å². The second-order valence-electron chi connectivity index (χ2n) is 7.17. The van der Waals surface area contributed by atoms with E-state index in [0.29, 0.717) is 23.8 Å². The van der Waals surface area contributed by atoms with Crippen molar-refractivity contribution in [1.29, 1.82) is 0 Å². The molecule has 1 amide bonds. The molecule has 0 saturated heterocycles. The van der Waals surface area contributed by atoms with Crippen LogP contribution in [0.15, 0.2) is 48.8 Å². The SMILES string of the molecule is COc1cc(C=CC(=O)N(Cc2cnc3ccccn23)C2CC2)cc(OC)c1OC. The Kier molecular flexibility index (Phi) is 5.61. The molecule has 1 aliphatic carbocycles. The van der Waals surface area contributed by atoms with E-state index in [0.717, 1.165) is 29.7 Å². The van der Waals surface area contributed by atoms with Gasteiger partial charge in [-0.05, 0) is 48.7 Å². The second kappa shape index (κ2) is 8.49. The zero-order valence-corrected chi connectivity index (χ0v) is 17.4. The van der Waals surface area contributed by atoms with E-state index in [1.807, 2.05) is 52.0 Å². The Morgan fingerprint density at radius 3 is 2.53 bits per heavy atom. The number of hydrogen-bond acceptors (Lipinski definition) is 5. The molecule has 4 rings (SSSR count). The van der Waals surface area contributed by atoms with Crippen LogP contribution in [0.25, 0.3) is 11.7 Å². The van der Waals surface area contributed by atoms with E-state index in [4.69, 9.17) is 14.2 Å². The molecule has 0 atom stereocenters. The van der Waals surface area contributed by atoms with Crippen LogP contribution in [-0.2, 0) is 11.3 Å². The molecule has 0 spiro atoms. The first-order valence-corrected chi connectivity index (χ1v) is 9.84. The number of fused-ring (bicyclic) bond motifs is 1. The molecule has 2 heterocycles. The molecule has 1 fully saturated rings. The van der Waals surface area contributed by atoms with Crippen molar-refractivity contribution in [2.75, 3.05) is 21.3 Å². The van der Waals surface area contributed by atoms with Crippen LogP contribution in [0.1, 0.15) is 24.1 Å². The highest BCUT2D eigenvalue weighted by Crippen LogP contribution is 2.38. The van der Waals surface area contributed by atoms with Crippen LogP contribution in [0.4, 0.5) is 0 Å². The lowest BCUT2D eigenvalue weighted by atomic mass is 10.1. The Labute approximate surface area is 175 Å². The Morgan fingerprint density at radius 2 is 1.90 bits per heavy atom. The average molecular weight is 407 g/mol. The number of hydrogen-bond donors (Lipinski definition) is 0. The van der Waals surface area contributed by atoms with Gasteiger partial charge in [-0.2, -0.15) is 0 Å². The summed E-state index contributed by atoms with van der Waals surface area (Å²) < 4.78 is 18.2. The fourth-order valence-corrected chi connectivity index (χ4v) is 3.51. The minimum absolute atomic E-state index is 0.0304. The number of rotatable bonds is 8. The van der Waals surface area contributed by atoms with E-state index in [2.05, 4.69) is 4.98 Å². The maximum Gasteiger partial charge on any atom is 0.247 e. The molecule has 0 radical (unpaired) electrons. The van der Waals surface area contributed by atoms with Gasteiger partial charge in [0.1, 0.15) is 5.65 Å². The van der Waals surface area contributed by atoms with Gasteiger partial charge in [-0.15, -0.1) is 0 Å². The highest BCUT2D eigenvalue weighted by atomic mass is 16.5. The molecule has 7 heteroatoms. The van der Waals surface area contributed by atoms with Crippen molar-refractivity contribution in [3.8, 4) is 17.2 Å². The summed E-state index contributed by atoms with van der Waals surface area (Å²) in [6, 6.07) is 9.78. The molecule has 0 bridgehead atoms. The Morgan fingerprint density at radius 1 is 1.17 bits per heavy atom. The topological polar surface area (TPSA) is 65.3 Å². The lowest BCUT2D eigenvalue weighted by Gasteiger charge is -2.20. The van der Waals surface area contributed by atoms with Gasteiger partial charge < -0.3 is 23.5 Å². The number of ether oxygens (including phenoxy) is 3. The van der Waals surface area contributed by atoms with Crippen molar-refractivity contribution in [2.24, 2.45) is 0 Å². The lowest BCUT2D eigenvalue weighted by Crippen LogP contribution is -2.31. The molecule has 30 heavy (non-hydrogen) atoms. The number of nitrogens with zero attached hydrogens (tertiary/aromatic N) is 3. The summed E-state index contributed by atoms with van der Waals surface area (Å²) in [5, 5.41) is 0. The molecule has 0 aliphatic heterocycles. The van der Waals surface area contributed by atoms with Crippen LogP contribution in [0.5, 0.6) is 17.2 Å². The molecular formula is C23H25N3O4. The summed E-state index contributed by atoms with van der Waals surface area (Å²) in [7, 11) is 4.70. The minimum Gasteiger partial charge on any atom is -0.493 e. The molecule has 1 aromatic carbocycles. The molecule has 7 nitrogen and oxygen atoms in total. The second-order valence-corrected chi connectivity index (χ2v) is 7.17. The van der Waals surface area contributed by atoms with Crippen molar-refractivity contribution < 1.29 is 19.0 Å². The quantitative estimate of drug-likeness (QED) is 0.534. The van der Waals surface area contributed by atoms with E-state index in [9.17, 15) is 4.79 Å². The predicted octanol–water partition coefficient (Wildman–Crippen LogP) is 3.56. The van der Waals surface area contributed by atoms with Crippen molar-refractivity contribution in [1.82, 2.24) is 14.3 Å². The monoisotopic (exact) mass is 407 g/mol. The standard InChI is InChI=1S/C23H25N3O4/c1-28-19-12-16(13-20(29-2)23(19)30-3)7-10-22(27)26(17-8-9-17)15-18-14-24-21-6-4-5-11-25(18)21/h4-7,10-14,17H,8-9,15H2,1-3H3. The largest absolute Gasteiger partial charge is 0.493 e. The highest BCUT2D eigenvalue weighted by Gasteiger charge is 2.32. The third-order valence-electron chi connectivity index (χ3n) is 5.20. The summed E-state index contributed by atoms with van der Waals surface area (Å²) in [5.41, 5.74) is 2.67. The smallest absolute Gasteiger partial charge is 0.247 e. The summed E-state index contributed by atoms with van der Waals surface area (Å²) in [6.45, 7) is 0.522. The van der Waals surface area contributed by atoms with Gasteiger partial charge >= 0.3 is 0 Å². The van der Waals surface area contributed by atoms with Gasteiger partial charge in [0.05, 0.1) is 39.8 Å². The normalized spacial score (nSPS) is 13.6. The van der Waals surface area contributed by atoms with E-state index in [-0.39, 0.29) is 11.9 Å². The molecule has 3 aromatic rings. The van der Waals surface area contributed by atoms with E-state index in [1.165, 1.54) is 0 Å². The van der Waals surface area contributed by atoms with Gasteiger partial charge in [0.15, 0.2) is 11.5 Å². The number of methoxy groups -OCH3 is 3. The van der Waals surface area contributed by atoms with Gasteiger partial charge in [-0.1, -0.05) is 6.07 Å². The number of aromatic nitrogens is 2. The molecule has 1 aliphatic rings. The van der Waals surface area contributed by atoms with E-state index < -0.39 is 0 Å². The van der Waals surface area contributed by atoms with Gasteiger partial charge in [0.2, 0.25) is 11.7 Å². The molecule has 2 aromatic heterocycles. The minimum atomic E-state index is -0.0304. The highest BCUT2D eigenvalue weighted by molar-refractivity contribution is 5.92. The zero-order valence-electron chi connectivity index (χ0n) is 17.4. The number of benzene rings is 1. The van der Waals surface area contributed by atoms with Crippen molar-refractivity contribution in [3.05, 3.63) is 60.1 Å². The third-order valence-corrected chi connectivity index (χ3v) is 5.20. The fourth-order valence-electron chi connectivity index (χ4n) is 3.51. The van der Waals surface area contributed by atoms with Crippen LogP contribution in [-0.4, -0.2) is 47.6 Å². The summed E-state index contributed by atoms with van der Waals surface area (Å²) >= 11 is 0. The third kappa shape index (κ3) is 3.96. The Bertz CT molecular complexity index is 1060. The summed E-state index contributed by atoms with van der Waals surface area (Å²) in [6.07, 6.45) is 9.24. The molecule has 1 saturated carbocycles. The van der Waals surface area contributed by atoms with Gasteiger partial charge in [0.25, 0.3) is 0 Å². The first-order valence-electron chi connectivity index (χ1n) is 9.84. The first-order chi connectivity index (χ1) is 14.6. The summed E-state index contributed by atoms with van der Waals surface area (Å²) in [4.78, 5) is 19.3. The van der Waals surface area contributed by atoms with Gasteiger partial charge in [-0.25, -0.2) is 4.98 Å². The molecule has 0 N–H and O–H groups in total. The van der Waals surface area contributed by atoms with Crippen LogP contribution in [0.2, 0.25) is 0 Å². The Balaban J connectivity index is 1.56. The molecule has 156 valence electrons. The fraction of sp³-hybridized carbons (Fsp3) is 0.304. The van der Waals surface area contributed by atoms with Gasteiger partial charge in [-0.3, -0.25) is 4.79 Å². The maximum absolute atomic E-state index is 13.0. The lowest BCUT2D eigenvalue weighted by molar-refractivity contribution is -0.127. The number of carbonyl (C=O) groups is 1.